The lowest BCUT2D eigenvalue weighted by atomic mass is 10.2. The lowest BCUT2D eigenvalue weighted by molar-refractivity contribution is 0.102. The van der Waals surface area contributed by atoms with Crippen molar-refractivity contribution in [3.8, 4) is 0 Å². The molecule has 0 radical (unpaired) electrons. The molecular formula is C17H16BrN3O. The number of halogens is 1. The molecule has 1 amide bonds. The molecule has 0 unspecified atom stereocenters. The number of rotatable bonds is 3. The van der Waals surface area contributed by atoms with Crippen molar-refractivity contribution in [2.45, 2.75) is 20.3 Å². The molecule has 0 bridgehead atoms. The number of aryl methyl sites for hydroxylation is 2. The van der Waals surface area contributed by atoms with Crippen LogP contribution in [0, 0.1) is 6.92 Å². The maximum atomic E-state index is 12.7. The highest BCUT2D eigenvalue weighted by Gasteiger charge is 2.18. The lowest BCUT2D eigenvalue weighted by Crippen LogP contribution is -2.16. The molecule has 2 aromatic heterocycles. The fourth-order valence-electron chi connectivity index (χ4n) is 2.43. The average Bonchev–Trinajstić information content (AvgIpc) is 2.87. The summed E-state index contributed by atoms with van der Waals surface area (Å²) in [5, 5.41) is 2.95. The molecule has 0 spiro atoms. The standard InChI is InChI=1S/C17H16BrN3O/c1-3-13-16(21-9-8-11(2)10-15(21)19-13)17(22)20-14-7-5-4-6-12(14)18/h4-10H,3H2,1-2H3,(H,20,22). The zero-order valence-corrected chi connectivity index (χ0v) is 14.0. The maximum absolute atomic E-state index is 12.7. The van der Waals surface area contributed by atoms with E-state index in [4.69, 9.17) is 0 Å². The third-order valence-corrected chi connectivity index (χ3v) is 4.22. The zero-order chi connectivity index (χ0) is 15.7. The average molecular weight is 358 g/mol. The number of fused-ring (bicyclic) bond motifs is 1. The van der Waals surface area contributed by atoms with E-state index < -0.39 is 0 Å². The number of hydrogen-bond acceptors (Lipinski definition) is 2. The highest BCUT2D eigenvalue weighted by molar-refractivity contribution is 9.10. The van der Waals surface area contributed by atoms with Crippen LogP contribution in [0.4, 0.5) is 5.69 Å². The first-order valence-electron chi connectivity index (χ1n) is 7.13. The first kappa shape index (κ1) is 14.8. The van der Waals surface area contributed by atoms with Gasteiger partial charge in [0.2, 0.25) is 0 Å². The van der Waals surface area contributed by atoms with Gasteiger partial charge in [0, 0.05) is 10.7 Å². The Kier molecular flexibility index (Phi) is 3.98. The Morgan fingerprint density at radius 1 is 1.32 bits per heavy atom. The van der Waals surface area contributed by atoms with Gasteiger partial charge in [-0.05, 0) is 59.1 Å². The predicted octanol–water partition coefficient (Wildman–Crippen LogP) is 4.22. The molecule has 0 saturated heterocycles. The first-order chi connectivity index (χ1) is 10.6. The molecule has 0 aliphatic carbocycles. The van der Waals surface area contributed by atoms with E-state index in [1.165, 1.54) is 0 Å². The second kappa shape index (κ2) is 5.93. The van der Waals surface area contributed by atoms with Crippen LogP contribution >= 0.6 is 15.9 Å². The minimum absolute atomic E-state index is 0.153. The Hall–Kier alpha value is -2.14. The number of carbonyl (C=O) groups excluding carboxylic acids is 1. The van der Waals surface area contributed by atoms with Gasteiger partial charge < -0.3 is 5.32 Å². The molecule has 112 valence electrons. The Balaban J connectivity index is 2.05. The summed E-state index contributed by atoms with van der Waals surface area (Å²) in [6.07, 6.45) is 2.60. The quantitative estimate of drug-likeness (QED) is 0.762. The van der Waals surface area contributed by atoms with Crippen molar-refractivity contribution < 1.29 is 4.79 Å². The summed E-state index contributed by atoms with van der Waals surface area (Å²) in [7, 11) is 0. The van der Waals surface area contributed by atoms with Crippen LogP contribution in [0.1, 0.15) is 28.7 Å². The molecule has 5 heteroatoms. The van der Waals surface area contributed by atoms with Crippen molar-refractivity contribution >= 4 is 33.2 Å². The first-order valence-corrected chi connectivity index (χ1v) is 7.93. The van der Waals surface area contributed by atoms with Gasteiger partial charge in [0.25, 0.3) is 5.91 Å². The number of anilines is 1. The summed E-state index contributed by atoms with van der Waals surface area (Å²) in [5.74, 6) is -0.153. The smallest absolute Gasteiger partial charge is 0.274 e. The summed E-state index contributed by atoms with van der Waals surface area (Å²) in [6, 6.07) is 11.5. The van der Waals surface area contributed by atoms with Crippen LogP contribution < -0.4 is 5.32 Å². The van der Waals surface area contributed by atoms with Gasteiger partial charge in [-0.3, -0.25) is 9.20 Å². The van der Waals surface area contributed by atoms with Gasteiger partial charge in [0.05, 0.1) is 11.4 Å². The largest absolute Gasteiger partial charge is 0.320 e. The van der Waals surface area contributed by atoms with Gasteiger partial charge >= 0.3 is 0 Å². The number of nitrogens with zero attached hydrogens (tertiary/aromatic N) is 2. The van der Waals surface area contributed by atoms with Crippen molar-refractivity contribution in [1.82, 2.24) is 9.38 Å². The normalized spacial score (nSPS) is 10.9. The number of para-hydroxylation sites is 1. The van der Waals surface area contributed by atoms with Crippen LogP contribution in [0.5, 0.6) is 0 Å². The Bertz CT molecular complexity index is 854. The predicted molar refractivity (Wildman–Crippen MR) is 91.4 cm³/mol. The van der Waals surface area contributed by atoms with E-state index in [1.807, 2.05) is 60.8 Å². The van der Waals surface area contributed by atoms with Crippen LogP contribution in [0.15, 0.2) is 47.1 Å². The molecule has 3 rings (SSSR count). The number of aromatic nitrogens is 2. The zero-order valence-electron chi connectivity index (χ0n) is 12.4. The summed E-state index contributed by atoms with van der Waals surface area (Å²) in [6.45, 7) is 4.02. The molecule has 0 fully saturated rings. The maximum Gasteiger partial charge on any atom is 0.274 e. The molecule has 4 nitrogen and oxygen atoms in total. The minimum Gasteiger partial charge on any atom is -0.320 e. The number of pyridine rings is 1. The van der Waals surface area contributed by atoms with Crippen LogP contribution in [-0.2, 0) is 6.42 Å². The van der Waals surface area contributed by atoms with Crippen molar-refractivity contribution in [2.75, 3.05) is 5.32 Å². The van der Waals surface area contributed by atoms with Gasteiger partial charge in [0.1, 0.15) is 11.3 Å². The van der Waals surface area contributed by atoms with E-state index in [0.717, 1.165) is 27.1 Å². The van der Waals surface area contributed by atoms with Crippen LogP contribution in [0.3, 0.4) is 0 Å². The van der Waals surface area contributed by atoms with Gasteiger partial charge in [-0.15, -0.1) is 0 Å². The molecule has 0 aliphatic heterocycles. The van der Waals surface area contributed by atoms with Crippen molar-refractivity contribution in [2.24, 2.45) is 0 Å². The van der Waals surface area contributed by atoms with Crippen molar-refractivity contribution in [3.63, 3.8) is 0 Å². The fourth-order valence-corrected chi connectivity index (χ4v) is 2.81. The topological polar surface area (TPSA) is 46.4 Å². The minimum atomic E-state index is -0.153. The van der Waals surface area contributed by atoms with E-state index in [-0.39, 0.29) is 5.91 Å². The summed E-state index contributed by atoms with van der Waals surface area (Å²) < 4.78 is 2.70. The summed E-state index contributed by atoms with van der Waals surface area (Å²) >= 11 is 3.45. The number of nitrogens with one attached hydrogen (secondary N) is 1. The van der Waals surface area contributed by atoms with E-state index >= 15 is 0 Å². The number of amides is 1. The third-order valence-electron chi connectivity index (χ3n) is 3.53. The fraction of sp³-hybridized carbons (Fsp3) is 0.176. The van der Waals surface area contributed by atoms with Crippen LogP contribution in [0.25, 0.3) is 5.65 Å². The van der Waals surface area contributed by atoms with Gasteiger partial charge in [0.15, 0.2) is 0 Å². The Morgan fingerprint density at radius 2 is 2.09 bits per heavy atom. The number of carbonyl (C=O) groups is 1. The van der Waals surface area contributed by atoms with Gasteiger partial charge in [-0.2, -0.15) is 0 Å². The lowest BCUT2D eigenvalue weighted by Gasteiger charge is -2.08. The third kappa shape index (κ3) is 2.64. The number of hydrogen-bond donors (Lipinski definition) is 1. The van der Waals surface area contributed by atoms with Crippen LogP contribution in [-0.4, -0.2) is 15.3 Å². The molecule has 3 aromatic rings. The number of imidazole rings is 1. The van der Waals surface area contributed by atoms with Crippen molar-refractivity contribution in [3.05, 3.63) is 64.0 Å². The number of benzene rings is 1. The molecule has 22 heavy (non-hydrogen) atoms. The molecule has 1 N–H and O–H groups in total. The van der Waals surface area contributed by atoms with E-state index in [2.05, 4.69) is 26.2 Å². The Labute approximate surface area is 137 Å². The molecule has 0 saturated carbocycles. The van der Waals surface area contributed by atoms with E-state index in [0.29, 0.717) is 12.1 Å². The Morgan fingerprint density at radius 3 is 2.82 bits per heavy atom. The van der Waals surface area contributed by atoms with Gasteiger partial charge in [-0.25, -0.2) is 4.98 Å². The second-order valence-electron chi connectivity index (χ2n) is 5.13. The molecule has 0 aliphatic rings. The molecule has 1 aromatic carbocycles. The van der Waals surface area contributed by atoms with Crippen molar-refractivity contribution in [1.29, 1.82) is 0 Å². The molecule has 0 atom stereocenters. The summed E-state index contributed by atoms with van der Waals surface area (Å²) in [4.78, 5) is 17.3. The molecule has 2 heterocycles. The van der Waals surface area contributed by atoms with Crippen LogP contribution in [0.2, 0.25) is 0 Å². The van der Waals surface area contributed by atoms with E-state index in [9.17, 15) is 4.79 Å². The second-order valence-corrected chi connectivity index (χ2v) is 5.98. The van der Waals surface area contributed by atoms with E-state index in [1.54, 1.807) is 0 Å². The monoisotopic (exact) mass is 357 g/mol. The molecular weight excluding hydrogens is 342 g/mol. The highest BCUT2D eigenvalue weighted by atomic mass is 79.9. The van der Waals surface area contributed by atoms with Gasteiger partial charge in [-0.1, -0.05) is 19.1 Å². The SMILES string of the molecule is CCc1nc2cc(C)ccn2c1C(=O)Nc1ccccc1Br. The summed E-state index contributed by atoms with van der Waals surface area (Å²) in [5.41, 5.74) is 4.06. The highest BCUT2D eigenvalue weighted by Crippen LogP contribution is 2.23.